The molecular weight excluding hydrogens is 270 g/mol. The number of ether oxygens (including phenoxy) is 1. The third kappa shape index (κ3) is 3.18. The average molecular weight is 287 g/mol. The van der Waals surface area contributed by atoms with Gasteiger partial charge in [0, 0.05) is 12.5 Å². The monoisotopic (exact) mass is 287 g/mol. The van der Waals surface area contributed by atoms with E-state index in [9.17, 15) is 4.79 Å². The summed E-state index contributed by atoms with van der Waals surface area (Å²) >= 11 is 0. The first-order chi connectivity index (χ1) is 10.2. The molecule has 1 aromatic heterocycles. The van der Waals surface area contributed by atoms with Crippen LogP contribution in [0.3, 0.4) is 0 Å². The van der Waals surface area contributed by atoms with Gasteiger partial charge in [0.15, 0.2) is 0 Å². The highest BCUT2D eigenvalue weighted by Crippen LogP contribution is 2.26. The topological polar surface area (TPSA) is 81.9 Å². The third-order valence-corrected chi connectivity index (χ3v) is 3.55. The van der Waals surface area contributed by atoms with E-state index in [0.29, 0.717) is 24.9 Å². The second-order valence-corrected chi connectivity index (χ2v) is 5.18. The number of hydrogen-bond donors (Lipinski definition) is 1. The van der Waals surface area contributed by atoms with Gasteiger partial charge in [0.2, 0.25) is 5.91 Å². The normalized spacial score (nSPS) is 16.9. The molecule has 1 aromatic carbocycles. The molecule has 21 heavy (non-hydrogen) atoms. The van der Waals surface area contributed by atoms with E-state index in [0.717, 1.165) is 12.2 Å². The highest BCUT2D eigenvalue weighted by atomic mass is 16.5. The second-order valence-electron chi connectivity index (χ2n) is 5.18. The minimum atomic E-state index is -0.0933. The number of benzene rings is 1. The molecule has 0 saturated carbocycles. The van der Waals surface area contributed by atoms with Gasteiger partial charge in [-0.15, -0.1) is 5.10 Å². The number of fused-ring (bicyclic) bond motifs is 1. The molecule has 3 rings (SSSR count). The standard InChI is InChI=1S/C14H17N5O2/c1-10-16-17-18-19(10)8-14(20)15-7-11-6-12-4-2-3-5-13(12)21-9-11/h2-5,11H,6-9H2,1H3,(H,15,20)/t11-/m1/s1. The summed E-state index contributed by atoms with van der Waals surface area (Å²) < 4.78 is 7.18. The number of hydrogen-bond acceptors (Lipinski definition) is 5. The molecule has 2 aromatic rings. The van der Waals surface area contributed by atoms with E-state index in [1.165, 1.54) is 10.2 Å². The second kappa shape index (κ2) is 5.90. The minimum Gasteiger partial charge on any atom is -0.493 e. The molecule has 0 spiro atoms. The van der Waals surface area contributed by atoms with E-state index in [-0.39, 0.29) is 12.5 Å². The summed E-state index contributed by atoms with van der Waals surface area (Å²) in [4.78, 5) is 11.9. The van der Waals surface area contributed by atoms with Crippen LogP contribution in [0.1, 0.15) is 11.4 Å². The van der Waals surface area contributed by atoms with Gasteiger partial charge in [-0.1, -0.05) is 18.2 Å². The largest absolute Gasteiger partial charge is 0.493 e. The number of aryl methyl sites for hydroxylation is 1. The van der Waals surface area contributed by atoms with E-state index in [2.05, 4.69) is 26.9 Å². The highest BCUT2D eigenvalue weighted by molar-refractivity contribution is 5.75. The zero-order chi connectivity index (χ0) is 14.7. The lowest BCUT2D eigenvalue weighted by Crippen LogP contribution is -2.36. The molecule has 2 heterocycles. The zero-order valence-corrected chi connectivity index (χ0v) is 11.8. The van der Waals surface area contributed by atoms with Gasteiger partial charge >= 0.3 is 0 Å². The van der Waals surface area contributed by atoms with Crippen molar-refractivity contribution >= 4 is 5.91 Å². The van der Waals surface area contributed by atoms with Crippen molar-refractivity contribution in [2.24, 2.45) is 5.92 Å². The molecule has 0 unspecified atom stereocenters. The molecule has 1 amide bonds. The van der Waals surface area contributed by atoms with Gasteiger partial charge in [0.1, 0.15) is 18.1 Å². The maximum absolute atomic E-state index is 11.9. The number of amides is 1. The first kappa shape index (κ1) is 13.5. The van der Waals surface area contributed by atoms with Gasteiger partial charge in [-0.3, -0.25) is 4.79 Å². The van der Waals surface area contributed by atoms with Crippen LogP contribution < -0.4 is 10.1 Å². The Kier molecular flexibility index (Phi) is 3.81. The third-order valence-electron chi connectivity index (χ3n) is 3.55. The van der Waals surface area contributed by atoms with Gasteiger partial charge in [0.25, 0.3) is 0 Å². The summed E-state index contributed by atoms with van der Waals surface area (Å²) in [5.41, 5.74) is 1.19. The van der Waals surface area contributed by atoms with E-state index in [1.807, 2.05) is 18.2 Å². The molecule has 1 aliphatic heterocycles. The number of rotatable bonds is 4. The Morgan fingerprint density at radius 1 is 1.48 bits per heavy atom. The van der Waals surface area contributed by atoms with Crippen LogP contribution in [0.4, 0.5) is 0 Å². The summed E-state index contributed by atoms with van der Waals surface area (Å²) in [6, 6.07) is 8.01. The van der Waals surface area contributed by atoms with E-state index in [1.54, 1.807) is 6.92 Å². The summed E-state index contributed by atoms with van der Waals surface area (Å²) in [7, 11) is 0. The quantitative estimate of drug-likeness (QED) is 0.877. The predicted molar refractivity (Wildman–Crippen MR) is 74.7 cm³/mol. The molecule has 1 aliphatic rings. The first-order valence-electron chi connectivity index (χ1n) is 6.92. The molecule has 0 radical (unpaired) electrons. The Balaban J connectivity index is 1.50. The van der Waals surface area contributed by atoms with E-state index in [4.69, 9.17) is 4.74 Å². The maximum Gasteiger partial charge on any atom is 0.241 e. The van der Waals surface area contributed by atoms with E-state index >= 15 is 0 Å². The fraction of sp³-hybridized carbons (Fsp3) is 0.429. The summed E-state index contributed by atoms with van der Waals surface area (Å²) in [6.45, 7) is 3.12. The minimum absolute atomic E-state index is 0.0933. The molecule has 1 N–H and O–H groups in total. The van der Waals surface area contributed by atoms with Gasteiger partial charge in [-0.2, -0.15) is 0 Å². The van der Waals surface area contributed by atoms with Crippen LogP contribution in [0, 0.1) is 12.8 Å². The van der Waals surface area contributed by atoms with Crippen LogP contribution in [0.15, 0.2) is 24.3 Å². The number of tetrazole rings is 1. The fourth-order valence-corrected chi connectivity index (χ4v) is 2.37. The number of carbonyl (C=O) groups is 1. The van der Waals surface area contributed by atoms with Crippen molar-refractivity contribution in [3.8, 4) is 5.75 Å². The molecule has 1 atom stereocenters. The van der Waals surface area contributed by atoms with Gasteiger partial charge < -0.3 is 10.1 Å². The van der Waals surface area contributed by atoms with Gasteiger partial charge in [-0.25, -0.2) is 4.68 Å². The Bertz CT molecular complexity index is 640. The molecule has 0 bridgehead atoms. The zero-order valence-electron chi connectivity index (χ0n) is 11.8. The number of nitrogens with zero attached hydrogens (tertiary/aromatic N) is 4. The molecule has 7 heteroatoms. The number of para-hydroxylation sites is 1. The molecule has 110 valence electrons. The molecule has 7 nitrogen and oxygen atoms in total. The number of aromatic nitrogens is 4. The highest BCUT2D eigenvalue weighted by Gasteiger charge is 2.20. The van der Waals surface area contributed by atoms with Crippen LogP contribution >= 0.6 is 0 Å². The van der Waals surface area contributed by atoms with Crippen molar-refractivity contribution in [2.75, 3.05) is 13.2 Å². The van der Waals surface area contributed by atoms with Crippen molar-refractivity contribution in [3.05, 3.63) is 35.7 Å². The van der Waals surface area contributed by atoms with Crippen LogP contribution in [0.2, 0.25) is 0 Å². The molecular formula is C14H17N5O2. The number of carbonyl (C=O) groups excluding carboxylic acids is 1. The van der Waals surface area contributed by atoms with Crippen LogP contribution in [0.25, 0.3) is 0 Å². The van der Waals surface area contributed by atoms with Crippen molar-refractivity contribution in [1.29, 1.82) is 0 Å². The Morgan fingerprint density at radius 3 is 3.14 bits per heavy atom. The Labute approximate surface area is 122 Å². The van der Waals surface area contributed by atoms with Crippen LogP contribution in [-0.4, -0.2) is 39.3 Å². The van der Waals surface area contributed by atoms with Crippen molar-refractivity contribution in [3.63, 3.8) is 0 Å². The number of nitrogens with one attached hydrogen (secondary N) is 1. The van der Waals surface area contributed by atoms with Crippen molar-refractivity contribution in [2.45, 2.75) is 19.9 Å². The van der Waals surface area contributed by atoms with Crippen LogP contribution in [0.5, 0.6) is 5.75 Å². The first-order valence-corrected chi connectivity index (χ1v) is 6.92. The lowest BCUT2D eigenvalue weighted by atomic mass is 9.97. The summed E-state index contributed by atoms with van der Waals surface area (Å²) in [6.07, 6.45) is 0.917. The van der Waals surface area contributed by atoms with Crippen LogP contribution in [-0.2, 0) is 17.8 Å². The smallest absolute Gasteiger partial charge is 0.241 e. The predicted octanol–water partition coefficient (Wildman–Crippen LogP) is 0.349. The Morgan fingerprint density at radius 2 is 2.33 bits per heavy atom. The molecule has 0 fully saturated rings. The summed E-state index contributed by atoms with van der Waals surface area (Å²) in [5.74, 6) is 1.77. The Hall–Kier alpha value is -2.44. The maximum atomic E-state index is 11.9. The lowest BCUT2D eigenvalue weighted by Gasteiger charge is -2.25. The van der Waals surface area contributed by atoms with Crippen molar-refractivity contribution in [1.82, 2.24) is 25.5 Å². The van der Waals surface area contributed by atoms with Gasteiger partial charge in [-0.05, 0) is 35.4 Å². The fourth-order valence-electron chi connectivity index (χ4n) is 2.37. The lowest BCUT2D eigenvalue weighted by molar-refractivity contribution is -0.122. The van der Waals surface area contributed by atoms with Crippen molar-refractivity contribution < 1.29 is 9.53 Å². The SMILES string of the molecule is Cc1nnnn1CC(=O)NC[C@@H]1COc2ccccc2C1. The average Bonchev–Trinajstić information content (AvgIpc) is 2.90. The molecule has 0 saturated heterocycles. The summed E-state index contributed by atoms with van der Waals surface area (Å²) in [5, 5.41) is 13.9. The molecule has 0 aliphatic carbocycles. The van der Waals surface area contributed by atoms with E-state index < -0.39 is 0 Å². The van der Waals surface area contributed by atoms with Gasteiger partial charge in [0.05, 0.1) is 6.61 Å².